The second-order valence-electron chi connectivity index (χ2n) is 1.66. The monoisotopic (exact) mass is 145 g/mol. The molecule has 0 aliphatic carbocycles. The summed E-state index contributed by atoms with van der Waals surface area (Å²) in [6.45, 7) is 2.02. The van der Waals surface area contributed by atoms with Crippen molar-refractivity contribution in [3.8, 4) is 0 Å². The third kappa shape index (κ3) is 1.85. The Labute approximate surface area is 57.2 Å². The number of carbonyl (C=O) groups is 3. The molecule has 0 aliphatic heterocycles. The van der Waals surface area contributed by atoms with Crippen LogP contribution < -0.4 is 0 Å². The topological polar surface area (TPSA) is 74.7 Å². The van der Waals surface area contributed by atoms with Gasteiger partial charge in [-0.25, -0.2) is 4.79 Å². The Morgan fingerprint density at radius 3 is 1.40 bits per heavy atom. The molecular formula is C5H7NO4. The highest BCUT2D eigenvalue weighted by atomic mass is 16.4. The number of imide groups is 3. The number of rotatable bonds is 0. The highest BCUT2D eigenvalue weighted by Gasteiger charge is 2.20. The molecule has 3 amide bonds. The summed E-state index contributed by atoms with van der Waals surface area (Å²) in [6.07, 6.45) is -1.54. The molecule has 0 heterocycles. The van der Waals surface area contributed by atoms with E-state index in [4.69, 9.17) is 5.11 Å². The van der Waals surface area contributed by atoms with Crippen LogP contribution in [0.15, 0.2) is 0 Å². The van der Waals surface area contributed by atoms with Crippen LogP contribution in [0.25, 0.3) is 0 Å². The molecule has 5 nitrogen and oxygen atoms in total. The van der Waals surface area contributed by atoms with Crippen LogP contribution in [0.3, 0.4) is 0 Å². The van der Waals surface area contributed by atoms with Crippen LogP contribution in [-0.4, -0.2) is 27.9 Å². The number of nitrogens with zero attached hydrogens (tertiary/aromatic N) is 1. The maximum Gasteiger partial charge on any atom is 0.421 e. The van der Waals surface area contributed by atoms with Gasteiger partial charge in [-0.3, -0.25) is 9.59 Å². The van der Waals surface area contributed by atoms with Gasteiger partial charge in [0.1, 0.15) is 0 Å². The molecule has 0 radical (unpaired) electrons. The third-order valence-corrected chi connectivity index (χ3v) is 0.821. The van der Waals surface area contributed by atoms with E-state index in [0.29, 0.717) is 0 Å². The van der Waals surface area contributed by atoms with Crippen molar-refractivity contribution in [1.82, 2.24) is 4.90 Å². The fourth-order valence-electron chi connectivity index (χ4n) is 0.491. The summed E-state index contributed by atoms with van der Waals surface area (Å²) in [6, 6.07) is 0. The molecule has 0 unspecified atom stereocenters. The van der Waals surface area contributed by atoms with Crippen LogP contribution in [0.5, 0.6) is 0 Å². The molecule has 10 heavy (non-hydrogen) atoms. The molecule has 0 atom stereocenters. The van der Waals surface area contributed by atoms with Gasteiger partial charge < -0.3 is 5.11 Å². The minimum Gasteiger partial charge on any atom is -0.464 e. The molecule has 0 aliphatic rings. The number of hydrogen-bond acceptors (Lipinski definition) is 3. The second-order valence-corrected chi connectivity index (χ2v) is 1.66. The van der Waals surface area contributed by atoms with Crippen LogP contribution in [0, 0.1) is 0 Å². The van der Waals surface area contributed by atoms with Crippen molar-refractivity contribution in [1.29, 1.82) is 0 Å². The summed E-state index contributed by atoms with van der Waals surface area (Å²) >= 11 is 0. The first-order valence-corrected chi connectivity index (χ1v) is 2.51. The largest absolute Gasteiger partial charge is 0.464 e. The van der Waals surface area contributed by atoms with E-state index in [-0.39, 0.29) is 4.90 Å². The van der Waals surface area contributed by atoms with Gasteiger partial charge in [-0.05, 0) is 0 Å². The Morgan fingerprint density at radius 2 is 1.40 bits per heavy atom. The van der Waals surface area contributed by atoms with E-state index in [2.05, 4.69) is 0 Å². The van der Waals surface area contributed by atoms with Gasteiger partial charge in [0.25, 0.3) is 0 Å². The van der Waals surface area contributed by atoms with Gasteiger partial charge in [0, 0.05) is 13.8 Å². The first-order valence-electron chi connectivity index (χ1n) is 2.51. The summed E-state index contributed by atoms with van der Waals surface area (Å²) in [5, 5.41) is 8.20. The molecule has 0 saturated carbocycles. The van der Waals surface area contributed by atoms with Gasteiger partial charge >= 0.3 is 6.09 Å². The lowest BCUT2D eigenvalue weighted by Gasteiger charge is -2.08. The smallest absolute Gasteiger partial charge is 0.421 e. The van der Waals surface area contributed by atoms with Crippen molar-refractivity contribution in [2.24, 2.45) is 0 Å². The van der Waals surface area contributed by atoms with Crippen molar-refractivity contribution < 1.29 is 19.5 Å². The van der Waals surface area contributed by atoms with Crippen molar-refractivity contribution in [3.63, 3.8) is 0 Å². The number of amides is 3. The van der Waals surface area contributed by atoms with E-state index < -0.39 is 17.9 Å². The van der Waals surface area contributed by atoms with Crippen LogP contribution in [0.1, 0.15) is 13.8 Å². The van der Waals surface area contributed by atoms with E-state index >= 15 is 0 Å². The predicted molar refractivity (Wildman–Crippen MR) is 31.2 cm³/mol. The summed E-state index contributed by atoms with van der Waals surface area (Å²) in [5.41, 5.74) is 0. The molecule has 0 fully saturated rings. The fourth-order valence-corrected chi connectivity index (χ4v) is 0.491. The quantitative estimate of drug-likeness (QED) is 0.523. The number of carboxylic acid groups (broad SMARTS) is 1. The fraction of sp³-hybridized carbons (Fsp3) is 0.400. The standard InChI is InChI=1S/C5H7NO4/c1-3(7)6(4(2)8)5(9)10/h1-2H3,(H,9,10). The van der Waals surface area contributed by atoms with Crippen LogP contribution in [-0.2, 0) is 9.59 Å². The lowest BCUT2D eigenvalue weighted by atomic mass is 10.5. The van der Waals surface area contributed by atoms with Gasteiger partial charge in [0.15, 0.2) is 0 Å². The highest BCUT2D eigenvalue weighted by Crippen LogP contribution is 1.90. The molecule has 56 valence electrons. The van der Waals surface area contributed by atoms with Gasteiger partial charge in [0.05, 0.1) is 0 Å². The maximum atomic E-state index is 10.4. The minimum absolute atomic E-state index is 0.139. The van der Waals surface area contributed by atoms with Gasteiger partial charge in [-0.1, -0.05) is 0 Å². The molecule has 0 aromatic carbocycles. The molecule has 0 rings (SSSR count). The van der Waals surface area contributed by atoms with E-state index in [1.807, 2.05) is 0 Å². The van der Waals surface area contributed by atoms with Gasteiger partial charge in [-0.2, -0.15) is 4.90 Å². The van der Waals surface area contributed by atoms with Gasteiger partial charge in [0.2, 0.25) is 11.8 Å². The maximum absolute atomic E-state index is 10.4. The Balaban J connectivity index is 4.43. The Hall–Kier alpha value is -1.39. The molecule has 0 saturated heterocycles. The summed E-state index contributed by atoms with van der Waals surface area (Å²) in [7, 11) is 0. The molecular weight excluding hydrogens is 138 g/mol. The number of carbonyl (C=O) groups excluding carboxylic acids is 2. The minimum atomic E-state index is -1.54. The molecule has 0 spiro atoms. The van der Waals surface area contributed by atoms with Crippen molar-refractivity contribution >= 4 is 17.9 Å². The highest BCUT2D eigenvalue weighted by molar-refractivity contribution is 6.06. The normalized spacial score (nSPS) is 8.60. The first-order chi connectivity index (χ1) is 4.46. The van der Waals surface area contributed by atoms with E-state index in [1.54, 1.807) is 0 Å². The van der Waals surface area contributed by atoms with Crippen molar-refractivity contribution in [2.75, 3.05) is 0 Å². The molecule has 0 aromatic heterocycles. The summed E-state index contributed by atoms with van der Waals surface area (Å²) < 4.78 is 0. The molecule has 0 bridgehead atoms. The lowest BCUT2D eigenvalue weighted by Crippen LogP contribution is -2.37. The lowest BCUT2D eigenvalue weighted by molar-refractivity contribution is -0.139. The van der Waals surface area contributed by atoms with Crippen LogP contribution in [0.2, 0.25) is 0 Å². The Bertz CT molecular complexity index is 153. The SMILES string of the molecule is CC(=O)N(C(C)=O)C(=O)O. The Morgan fingerprint density at radius 1 is 1.10 bits per heavy atom. The predicted octanol–water partition coefficient (Wildman–Crippen LogP) is 0.0594. The third-order valence-electron chi connectivity index (χ3n) is 0.821. The molecule has 0 aromatic rings. The Kier molecular flexibility index (Phi) is 2.54. The van der Waals surface area contributed by atoms with E-state index in [0.717, 1.165) is 13.8 Å². The number of hydrogen-bond donors (Lipinski definition) is 1. The van der Waals surface area contributed by atoms with Crippen molar-refractivity contribution in [3.05, 3.63) is 0 Å². The second kappa shape index (κ2) is 2.95. The summed E-state index contributed by atoms with van der Waals surface area (Å²) in [4.78, 5) is 30.9. The van der Waals surface area contributed by atoms with Crippen LogP contribution >= 0.6 is 0 Å². The van der Waals surface area contributed by atoms with Crippen LogP contribution in [0.4, 0.5) is 4.79 Å². The first kappa shape index (κ1) is 8.61. The summed E-state index contributed by atoms with van der Waals surface area (Å²) in [5.74, 6) is -1.58. The van der Waals surface area contributed by atoms with Gasteiger partial charge in [-0.15, -0.1) is 0 Å². The average molecular weight is 145 g/mol. The van der Waals surface area contributed by atoms with Crippen molar-refractivity contribution in [2.45, 2.75) is 13.8 Å². The zero-order chi connectivity index (χ0) is 8.31. The zero-order valence-corrected chi connectivity index (χ0v) is 5.62. The van der Waals surface area contributed by atoms with E-state index in [9.17, 15) is 14.4 Å². The molecule has 5 heteroatoms. The van der Waals surface area contributed by atoms with E-state index in [1.165, 1.54) is 0 Å². The zero-order valence-electron chi connectivity index (χ0n) is 5.62. The average Bonchev–Trinajstić information content (AvgIpc) is 1.59. The molecule has 1 N–H and O–H groups in total.